The van der Waals surface area contributed by atoms with Gasteiger partial charge in [-0.15, -0.1) is 0 Å². The summed E-state index contributed by atoms with van der Waals surface area (Å²) in [6, 6.07) is 23.4. The fourth-order valence-electron chi connectivity index (χ4n) is 5.86. The Balaban J connectivity index is 1.25. The standard InChI is InChI=1S/C30H27N5O/c1-34-13-10-30(11-14-34)25-16-21(7-9-27(25)33-29(30)36)22-5-6-24-18-32-35(28(24)17-22)19-20-4-8-26-23(15-20)3-2-12-31-26/h2-9,12,15-18H,10-11,13-14,19H2,1H3,(H,33,36). The number of likely N-dealkylation sites (tertiary alicyclic amines) is 1. The maximum atomic E-state index is 13.1. The Bertz CT molecular complexity index is 1640. The van der Waals surface area contributed by atoms with Crippen molar-refractivity contribution in [3.8, 4) is 11.1 Å². The molecule has 6 heteroatoms. The highest BCUT2D eigenvalue weighted by atomic mass is 16.2. The van der Waals surface area contributed by atoms with E-state index >= 15 is 0 Å². The van der Waals surface area contributed by atoms with Crippen molar-refractivity contribution in [2.45, 2.75) is 24.8 Å². The maximum Gasteiger partial charge on any atom is 0.235 e. The van der Waals surface area contributed by atoms with Gasteiger partial charge in [0, 0.05) is 22.7 Å². The van der Waals surface area contributed by atoms with Gasteiger partial charge in [-0.3, -0.25) is 14.5 Å². The summed E-state index contributed by atoms with van der Waals surface area (Å²) in [6.45, 7) is 2.57. The number of hydrogen-bond donors (Lipinski definition) is 1. The topological polar surface area (TPSA) is 63.1 Å². The Hall–Kier alpha value is -4.03. The Labute approximate surface area is 209 Å². The molecule has 0 radical (unpaired) electrons. The molecular weight excluding hydrogens is 446 g/mol. The van der Waals surface area contributed by atoms with Crippen LogP contribution in [0, 0.1) is 0 Å². The summed E-state index contributed by atoms with van der Waals surface area (Å²) in [5.74, 6) is 0.155. The number of amides is 1. The van der Waals surface area contributed by atoms with E-state index in [-0.39, 0.29) is 5.91 Å². The highest BCUT2D eigenvalue weighted by molar-refractivity contribution is 6.07. The van der Waals surface area contributed by atoms with Crippen molar-refractivity contribution in [1.29, 1.82) is 0 Å². The van der Waals surface area contributed by atoms with Gasteiger partial charge in [0.25, 0.3) is 0 Å². The SMILES string of the molecule is CN1CCC2(CC1)C(=O)Nc1ccc(-c3ccc4cnn(Cc5ccc6ncccc6c5)c4c3)cc12. The van der Waals surface area contributed by atoms with E-state index in [0.29, 0.717) is 6.54 Å². The maximum absolute atomic E-state index is 13.1. The molecular formula is C30H27N5O. The van der Waals surface area contributed by atoms with Crippen LogP contribution in [0.25, 0.3) is 32.9 Å². The number of aromatic nitrogens is 3. The summed E-state index contributed by atoms with van der Waals surface area (Å²) in [7, 11) is 2.13. The molecule has 36 heavy (non-hydrogen) atoms. The molecule has 4 heterocycles. The molecule has 1 spiro atoms. The third-order valence-electron chi connectivity index (χ3n) is 8.04. The molecule has 178 valence electrons. The van der Waals surface area contributed by atoms with Gasteiger partial charge in [-0.2, -0.15) is 5.10 Å². The normalized spacial score (nSPS) is 17.1. The first-order chi connectivity index (χ1) is 17.6. The fourth-order valence-corrected chi connectivity index (χ4v) is 5.86. The molecule has 0 saturated carbocycles. The zero-order valence-electron chi connectivity index (χ0n) is 20.2. The number of carbonyl (C=O) groups is 1. The minimum absolute atomic E-state index is 0.155. The Kier molecular flexibility index (Phi) is 4.73. The molecule has 0 aliphatic carbocycles. The average molecular weight is 474 g/mol. The molecule has 0 bridgehead atoms. The highest BCUT2D eigenvalue weighted by Gasteiger charge is 2.48. The molecule has 6 nitrogen and oxygen atoms in total. The third-order valence-corrected chi connectivity index (χ3v) is 8.04. The van der Waals surface area contributed by atoms with Gasteiger partial charge in [-0.25, -0.2) is 0 Å². The summed E-state index contributed by atoms with van der Waals surface area (Å²) in [5, 5.41) is 10.1. The van der Waals surface area contributed by atoms with E-state index in [2.05, 4.69) is 87.6 Å². The van der Waals surface area contributed by atoms with E-state index in [4.69, 9.17) is 5.10 Å². The lowest BCUT2D eigenvalue weighted by atomic mass is 9.73. The molecule has 2 aromatic heterocycles. The van der Waals surface area contributed by atoms with Crippen molar-refractivity contribution in [2.24, 2.45) is 0 Å². The lowest BCUT2D eigenvalue weighted by Crippen LogP contribution is -2.45. The van der Waals surface area contributed by atoms with Crippen LogP contribution in [0.4, 0.5) is 5.69 Å². The average Bonchev–Trinajstić information content (AvgIpc) is 3.43. The van der Waals surface area contributed by atoms with Crippen molar-refractivity contribution in [3.63, 3.8) is 0 Å². The van der Waals surface area contributed by atoms with Crippen molar-refractivity contribution in [3.05, 3.63) is 90.3 Å². The fraction of sp³-hybridized carbons (Fsp3) is 0.233. The summed E-state index contributed by atoms with van der Waals surface area (Å²) in [4.78, 5) is 19.8. The number of hydrogen-bond acceptors (Lipinski definition) is 4. The zero-order valence-corrected chi connectivity index (χ0v) is 20.2. The van der Waals surface area contributed by atoms with Gasteiger partial charge in [-0.1, -0.05) is 30.3 Å². The molecule has 0 unspecified atom stereocenters. The first kappa shape index (κ1) is 21.3. The van der Waals surface area contributed by atoms with Crippen LogP contribution >= 0.6 is 0 Å². The lowest BCUT2D eigenvalue weighted by Gasteiger charge is -2.36. The Morgan fingerprint density at radius 3 is 2.67 bits per heavy atom. The van der Waals surface area contributed by atoms with E-state index in [0.717, 1.165) is 70.1 Å². The summed E-state index contributed by atoms with van der Waals surface area (Å²) in [6.07, 6.45) is 5.47. The molecule has 5 aromatic rings. The van der Waals surface area contributed by atoms with Crippen LogP contribution in [-0.2, 0) is 16.8 Å². The number of carbonyl (C=O) groups excluding carboxylic acids is 1. The van der Waals surface area contributed by atoms with E-state index < -0.39 is 5.41 Å². The number of benzene rings is 3. The predicted octanol–water partition coefficient (Wildman–Crippen LogP) is 5.22. The number of pyridine rings is 1. The minimum atomic E-state index is -0.408. The second kappa shape index (κ2) is 8.00. The molecule has 0 atom stereocenters. The van der Waals surface area contributed by atoms with Crippen molar-refractivity contribution in [2.75, 3.05) is 25.5 Å². The van der Waals surface area contributed by atoms with Crippen LogP contribution in [0.5, 0.6) is 0 Å². The second-order valence-electron chi connectivity index (χ2n) is 10.2. The van der Waals surface area contributed by atoms with E-state index in [9.17, 15) is 4.79 Å². The molecule has 7 rings (SSSR count). The van der Waals surface area contributed by atoms with Gasteiger partial charge in [0.15, 0.2) is 0 Å². The Morgan fingerprint density at radius 1 is 0.944 bits per heavy atom. The second-order valence-corrected chi connectivity index (χ2v) is 10.2. The highest BCUT2D eigenvalue weighted by Crippen LogP contribution is 2.46. The van der Waals surface area contributed by atoms with Gasteiger partial charge in [0.2, 0.25) is 5.91 Å². The molecule has 3 aromatic carbocycles. The first-order valence-electron chi connectivity index (χ1n) is 12.5. The summed E-state index contributed by atoms with van der Waals surface area (Å²) in [5.41, 5.74) is 7.27. The van der Waals surface area contributed by atoms with Gasteiger partial charge >= 0.3 is 0 Å². The largest absolute Gasteiger partial charge is 0.325 e. The number of piperidine rings is 1. The number of rotatable bonds is 3. The third kappa shape index (κ3) is 3.33. The molecule has 2 aliphatic rings. The van der Waals surface area contributed by atoms with Crippen LogP contribution in [0.2, 0.25) is 0 Å². The van der Waals surface area contributed by atoms with Crippen LogP contribution in [0.3, 0.4) is 0 Å². The zero-order chi connectivity index (χ0) is 24.3. The number of nitrogens with one attached hydrogen (secondary N) is 1. The molecule has 1 saturated heterocycles. The van der Waals surface area contributed by atoms with Crippen molar-refractivity contribution < 1.29 is 4.79 Å². The lowest BCUT2D eigenvalue weighted by molar-refractivity contribution is -0.122. The van der Waals surface area contributed by atoms with Crippen molar-refractivity contribution >= 4 is 33.4 Å². The van der Waals surface area contributed by atoms with Gasteiger partial charge in [0.05, 0.1) is 29.2 Å². The number of nitrogens with zero attached hydrogens (tertiary/aromatic N) is 4. The van der Waals surface area contributed by atoms with Gasteiger partial charge in [0.1, 0.15) is 0 Å². The Morgan fingerprint density at radius 2 is 1.78 bits per heavy atom. The first-order valence-corrected chi connectivity index (χ1v) is 12.5. The summed E-state index contributed by atoms with van der Waals surface area (Å²) < 4.78 is 2.06. The van der Waals surface area contributed by atoms with Gasteiger partial charge in [-0.05, 0) is 91.6 Å². The molecule has 1 fully saturated rings. The van der Waals surface area contributed by atoms with E-state index in [1.165, 1.54) is 5.56 Å². The smallest absolute Gasteiger partial charge is 0.235 e. The van der Waals surface area contributed by atoms with Crippen LogP contribution in [0.15, 0.2) is 79.1 Å². The molecule has 1 N–H and O–H groups in total. The minimum Gasteiger partial charge on any atom is -0.325 e. The number of anilines is 1. The predicted molar refractivity (Wildman–Crippen MR) is 143 cm³/mol. The number of fused-ring (bicyclic) bond motifs is 4. The van der Waals surface area contributed by atoms with E-state index in [1.54, 1.807) is 0 Å². The molecule has 1 amide bonds. The monoisotopic (exact) mass is 473 g/mol. The van der Waals surface area contributed by atoms with E-state index in [1.807, 2.05) is 18.5 Å². The summed E-state index contributed by atoms with van der Waals surface area (Å²) >= 11 is 0. The quantitative estimate of drug-likeness (QED) is 0.391. The van der Waals surface area contributed by atoms with Crippen LogP contribution in [-0.4, -0.2) is 45.7 Å². The van der Waals surface area contributed by atoms with Crippen LogP contribution < -0.4 is 5.32 Å². The van der Waals surface area contributed by atoms with Gasteiger partial charge < -0.3 is 10.2 Å². The molecule has 2 aliphatic heterocycles. The van der Waals surface area contributed by atoms with Crippen LogP contribution in [0.1, 0.15) is 24.0 Å². The van der Waals surface area contributed by atoms with Crippen molar-refractivity contribution in [1.82, 2.24) is 19.7 Å².